The van der Waals surface area contributed by atoms with Crippen LogP contribution in [0.4, 0.5) is 5.69 Å². The minimum absolute atomic E-state index is 0.0632. The zero-order chi connectivity index (χ0) is 24.9. The maximum absolute atomic E-state index is 13.1. The van der Waals surface area contributed by atoms with Gasteiger partial charge in [0, 0.05) is 49.8 Å². The fourth-order valence-electron chi connectivity index (χ4n) is 5.45. The highest BCUT2D eigenvalue weighted by Gasteiger charge is 2.30. The van der Waals surface area contributed by atoms with Gasteiger partial charge in [0.25, 0.3) is 0 Å². The Morgan fingerprint density at radius 1 is 1.06 bits per heavy atom. The van der Waals surface area contributed by atoms with Crippen molar-refractivity contribution < 1.29 is 14.3 Å². The normalized spacial score (nSPS) is 18.9. The Kier molecular flexibility index (Phi) is 7.56. The maximum atomic E-state index is 13.1. The SMILES string of the molecule is COc1ccc(N2CCN(CC(=O)n3ccnc3C)[C@@H](Cc3ccccc3)C2)cc1OC1CCCC1. The molecule has 1 saturated heterocycles. The molecule has 5 rings (SSSR count). The van der Waals surface area contributed by atoms with Crippen molar-refractivity contribution >= 4 is 11.6 Å². The van der Waals surface area contributed by atoms with Gasteiger partial charge in [-0.15, -0.1) is 0 Å². The van der Waals surface area contributed by atoms with E-state index in [1.165, 1.54) is 18.4 Å². The van der Waals surface area contributed by atoms with E-state index in [-0.39, 0.29) is 18.1 Å². The number of ether oxygens (including phenoxy) is 2. The average Bonchev–Trinajstić information content (AvgIpc) is 3.57. The van der Waals surface area contributed by atoms with Gasteiger partial charge in [-0.2, -0.15) is 0 Å². The predicted octanol–water partition coefficient (Wildman–Crippen LogP) is 4.60. The van der Waals surface area contributed by atoms with E-state index in [9.17, 15) is 4.79 Å². The lowest BCUT2D eigenvalue weighted by Crippen LogP contribution is -2.55. The lowest BCUT2D eigenvalue weighted by Gasteiger charge is -2.42. The molecule has 36 heavy (non-hydrogen) atoms. The number of aryl methyl sites for hydroxylation is 1. The second-order valence-electron chi connectivity index (χ2n) is 9.86. The molecule has 1 saturated carbocycles. The summed E-state index contributed by atoms with van der Waals surface area (Å²) in [4.78, 5) is 22.0. The molecule has 7 nitrogen and oxygen atoms in total. The van der Waals surface area contributed by atoms with Crippen LogP contribution in [0.25, 0.3) is 0 Å². The summed E-state index contributed by atoms with van der Waals surface area (Å²) in [6, 6.07) is 17.0. The van der Waals surface area contributed by atoms with Gasteiger partial charge in [0.15, 0.2) is 11.5 Å². The van der Waals surface area contributed by atoms with Gasteiger partial charge in [-0.25, -0.2) is 4.98 Å². The first-order valence-electron chi connectivity index (χ1n) is 13.0. The van der Waals surface area contributed by atoms with E-state index in [0.717, 1.165) is 61.9 Å². The van der Waals surface area contributed by atoms with Crippen LogP contribution >= 0.6 is 0 Å². The van der Waals surface area contributed by atoms with Crippen LogP contribution in [0.5, 0.6) is 11.5 Å². The molecule has 0 amide bonds. The maximum Gasteiger partial charge on any atom is 0.246 e. The molecule has 1 aliphatic heterocycles. The number of rotatable bonds is 8. The summed E-state index contributed by atoms with van der Waals surface area (Å²) in [5.41, 5.74) is 2.42. The summed E-state index contributed by atoms with van der Waals surface area (Å²) in [7, 11) is 1.70. The molecule has 7 heteroatoms. The van der Waals surface area contributed by atoms with Crippen LogP contribution in [-0.2, 0) is 6.42 Å². The highest BCUT2D eigenvalue weighted by Crippen LogP contribution is 2.35. The topological polar surface area (TPSA) is 59.8 Å². The van der Waals surface area contributed by atoms with Gasteiger partial charge < -0.3 is 14.4 Å². The molecule has 190 valence electrons. The van der Waals surface area contributed by atoms with Crippen molar-refractivity contribution in [1.82, 2.24) is 14.5 Å². The van der Waals surface area contributed by atoms with E-state index in [4.69, 9.17) is 9.47 Å². The van der Waals surface area contributed by atoms with Gasteiger partial charge in [-0.3, -0.25) is 14.3 Å². The number of hydrogen-bond donors (Lipinski definition) is 0. The summed E-state index contributed by atoms with van der Waals surface area (Å²) in [6.45, 7) is 4.73. The van der Waals surface area contributed by atoms with Crippen molar-refractivity contribution in [3.63, 3.8) is 0 Å². The Hall–Kier alpha value is -3.32. The Morgan fingerprint density at radius 2 is 1.86 bits per heavy atom. The van der Waals surface area contributed by atoms with Gasteiger partial charge in [-0.1, -0.05) is 30.3 Å². The van der Waals surface area contributed by atoms with Crippen LogP contribution in [0.3, 0.4) is 0 Å². The smallest absolute Gasteiger partial charge is 0.246 e. The monoisotopic (exact) mass is 488 g/mol. The molecule has 0 bridgehead atoms. The van der Waals surface area contributed by atoms with E-state index in [0.29, 0.717) is 6.54 Å². The van der Waals surface area contributed by atoms with Crippen molar-refractivity contribution in [1.29, 1.82) is 0 Å². The lowest BCUT2D eigenvalue weighted by atomic mass is 10.0. The molecule has 0 N–H and O–H groups in total. The third kappa shape index (κ3) is 5.57. The second kappa shape index (κ2) is 11.2. The van der Waals surface area contributed by atoms with Crippen molar-refractivity contribution in [2.75, 3.05) is 38.2 Å². The average molecular weight is 489 g/mol. The molecule has 1 atom stereocenters. The lowest BCUT2D eigenvalue weighted by molar-refractivity contribution is 0.0790. The van der Waals surface area contributed by atoms with Crippen LogP contribution in [0.1, 0.15) is 41.9 Å². The van der Waals surface area contributed by atoms with E-state index in [1.54, 1.807) is 24.1 Å². The summed E-state index contributed by atoms with van der Waals surface area (Å²) in [6.07, 6.45) is 9.26. The Bertz CT molecular complexity index is 1160. The zero-order valence-corrected chi connectivity index (χ0v) is 21.3. The Labute approximate surface area is 213 Å². The van der Waals surface area contributed by atoms with Crippen molar-refractivity contribution in [3.8, 4) is 11.5 Å². The molecule has 2 heterocycles. The number of hydrogen-bond acceptors (Lipinski definition) is 6. The molecule has 1 aliphatic carbocycles. The molecule has 2 aliphatic rings. The molecular weight excluding hydrogens is 452 g/mol. The molecule has 1 aromatic heterocycles. The fourth-order valence-corrected chi connectivity index (χ4v) is 5.45. The van der Waals surface area contributed by atoms with Crippen molar-refractivity contribution in [3.05, 3.63) is 72.3 Å². The molecule has 0 unspecified atom stereocenters. The zero-order valence-electron chi connectivity index (χ0n) is 21.3. The van der Waals surface area contributed by atoms with Gasteiger partial charge in [0.05, 0.1) is 19.8 Å². The van der Waals surface area contributed by atoms with Gasteiger partial charge >= 0.3 is 0 Å². The minimum atomic E-state index is 0.0632. The van der Waals surface area contributed by atoms with Gasteiger partial charge in [0.1, 0.15) is 5.82 Å². The number of carbonyl (C=O) groups is 1. The van der Waals surface area contributed by atoms with Crippen LogP contribution in [0, 0.1) is 6.92 Å². The number of imidazole rings is 1. The summed E-state index contributed by atoms with van der Waals surface area (Å²) < 4.78 is 13.6. The van der Waals surface area contributed by atoms with Crippen LogP contribution in [-0.4, -0.2) is 65.8 Å². The van der Waals surface area contributed by atoms with Crippen LogP contribution in [0.15, 0.2) is 60.9 Å². The number of benzene rings is 2. The highest BCUT2D eigenvalue weighted by molar-refractivity contribution is 5.81. The summed E-state index contributed by atoms with van der Waals surface area (Å²) in [5.74, 6) is 2.40. The van der Waals surface area contributed by atoms with Gasteiger partial charge in [0.2, 0.25) is 5.91 Å². The molecule has 0 radical (unpaired) electrons. The second-order valence-corrected chi connectivity index (χ2v) is 9.86. The first-order valence-corrected chi connectivity index (χ1v) is 13.0. The van der Waals surface area contributed by atoms with E-state index < -0.39 is 0 Å². The number of nitrogens with zero attached hydrogens (tertiary/aromatic N) is 4. The number of carbonyl (C=O) groups excluding carboxylic acids is 1. The number of aromatic nitrogens is 2. The van der Waals surface area contributed by atoms with E-state index >= 15 is 0 Å². The standard InChI is InChI=1S/C29H36N4O3/c1-22-30-14-15-33(22)29(34)21-32-17-16-31(20-25(32)18-23-8-4-3-5-9-23)24-12-13-27(35-2)28(19-24)36-26-10-6-7-11-26/h3-5,8-9,12-15,19,25-26H,6-7,10-11,16-18,20-21H2,1-2H3/t25-/m0/s1. The molecule has 2 aromatic carbocycles. The Morgan fingerprint density at radius 3 is 2.58 bits per heavy atom. The fraction of sp³-hybridized carbons (Fsp3) is 0.448. The largest absolute Gasteiger partial charge is 0.493 e. The first-order chi connectivity index (χ1) is 17.6. The molecule has 2 fully saturated rings. The van der Waals surface area contributed by atoms with E-state index in [2.05, 4.69) is 51.2 Å². The third-order valence-electron chi connectivity index (χ3n) is 7.46. The molecule has 3 aromatic rings. The van der Waals surface area contributed by atoms with Crippen LogP contribution in [0.2, 0.25) is 0 Å². The number of anilines is 1. The quantitative estimate of drug-likeness (QED) is 0.462. The number of methoxy groups -OCH3 is 1. The summed E-state index contributed by atoms with van der Waals surface area (Å²) in [5, 5.41) is 0. The number of piperazine rings is 1. The first kappa shape index (κ1) is 24.4. The van der Waals surface area contributed by atoms with E-state index in [1.807, 2.05) is 19.1 Å². The highest BCUT2D eigenvalue weighted by atomic mass is 16.5. The predicted molar refractivity (Wildman–Crippen MR) is 141 cm³/mol. The Balaban J connectivity index is 1.35. The third-order valence-corrected chi connectivity index (χ3v) is 7.46. The summed E-state index contributed by atoms with van der Waals surface area (Å²) >= 11 is 0. The van der Waals surface area contributed by atoms with Crippen molar-refractivity contribution in [2.24, 2.45) is 0 Å². The van der Waals surface area contributed by atoms with Gasteiger partial charge in [-0.05, 0) is 56.7 Å². The van der Waals surface area contributed by atoms with Crippen molar-refractivity contribution in [2.45, 2.75) is 51.2 Å². The van der Waals surface area contributed by atoms with Crippen LogP contribution < -0.4 is 14.4 Å². The molecular formula is C29H36N4O3. The minimum Gasteiger partial charge on any atom is -0.493 e. The molecule has 0 spiro atoms.